The number of carbonyl (C=O) groups excluding carboxylic acids is 1. The first-order valence-electron chi connectivity index (χ1n) is 10.5. The average Bonchev–Trinajstić information content (AvgIpc) is 3.64. The molecule has 5 heteroatoms. The molecule has 1 saturated carbocycles. The number of hydrogen-bond acceptors (Lipinski definition) is 4. The minimum atomic E-state index is -0.444. The summed E-state index contributed by atoms with van der Waals surface area (Å²) in [5.74, 6) is 0.652. The highest BCUT2D eigenvalue weighted by Gasteiger charge is 2.31. The third-order valence-electron chi connectivity index (χ3n) is 5.66. The van der Waals surface area contributed by atoms with Gasteiger partial charge >= 0.3 is 0 Å². The summed E-state index contributed by atoms with van der Waals surface area (Å²) in [4.78, 5) is 17.7. The first-order chi connectivity index (χ1) is 14.7. The first-order valence-corrected chi connectivity index (χ1v) is 10.5. The Labute approximate surface area is 177 Å². The molecule has 2 unspecified atom stereocenters. The van der Waals surface area contributed by atoms with Gasteiger partial charge in [-0.1, -0.05) is 48.5 Å². The molecule has 5 nitrogen and oxygen atoms in total. The van der Waals surface area contributed by atoms with Crippen LogP contribution in [0.3, 0.4) is 0 Å². The Bertz CT molecular complexity index is 968. The highest BCUT2D eigenvalue weighted by atomic mass is 16.2. The first kappa shape index (κ1) is 20.1. The van der Waals surface area contributed by atoms with E-state index in [1.54, 1.807) is 0 Å². The predicted octanol–water partition coefficient (Wildman–Crippen LogP) is 3.68. The van der Waals surface area contributed by atoms with E-state index in [0.717, 1.165) is 35.6 Å². The van der Waals surface area contributed by atoms with Crippen molar-refractivity contribution in [2.45, 2.75) is 37.8 Å². The Morgan fingerprint density at radius 3 is 2.53 bits per heavy atom. The number of allylic oxidation sites excluding steroid dienone is 1. The number of amides is 1. The number of aliphatic imine (C=N–C) groups is 1. The van der Waals surface area contributed by atoms with Crippen molar-refractivity contribution in [3.8, 4) is 6.07 Å². The lowest BCUT2D eigenvalue weighted by Gasteiger charge is -2.21. The molecule has 0 radical (unpaired) electrons. The van der Waals surface area contributed by atoms with Gasteiger partial charge in [0.2, 0.25) is 5.91 Å². The zero-order valence-corrected chi connectivity index (χ0v) is 16.9. The fourth-order valence-corrected chi connectivity index (χ4v) is 3.74. The molecule has 2 aromatic carbocycles. The molecule has 1 aliphatic heterocycles. The Morgan fingerprint density at radius 1 is 1.13 bits per heavy atom. The van der Waals surface area contributed by atoms with Crippen LogP contribution in [0.15, 0.2) is 71.4 Å². The second kappa shape index (κ2) is 9.51. The molecule has 0 aromatic heterocycles. The zero-order chi connectivity index (χ0) is 20.8. The number of nitrogens with zero attached hydrogens (tertiary/aromatic N) is 2. The van der Waals surface area contributed by atoms with E-state index in [1.165, 1.54) is 12.8 Å². The Balaban J connectivity index is 1.37. The number of nitrogens with one attached hydrogen (secondary N) is 2. The van der Waals surface area contributed by atoms with Gasteiger partial charge in [-0.15, -0.1) is 0 Å². The van der Waals surface area contributed by atoms with Gasteiger partial charge in [0.15, 0.2) is 0 Å². The number of hydrogen-bond donors (Lipinski definition) is 2. The van der Waals surface area contributed by atoms with E-state index in [-0.39, 0.29) is 5.91 Å². The van der Waals surface area contributed by atoms with Crippen LogP contribution in [0.5, 0.6) is 0 Å². The quantitative estimate of drug-likeness (QED) is 0.712. The molecule has 0 saturated heterocycles. The summed E-state index contributed by atoms with van der Waals surface area (Å²) in [5, 5.41) is 15.3. The molecule has 4 rings (SSSR count). The van der Waals surface area contributed by atoms with Gasteiger partial charge in [0, 0.05) is 12.8 Å². The Morgan fingerprint density at radius 2 is 1.90 bits per heavy atom. The van der Waals surface area contributed by atoms with Gasteiger partial charge in [0.05, 0.1) is 23.4 Å². The van der Waals surface area contributed by atoms with E-state index in [4.69, 9.17) is 5.26 Å². The van der Waals surface area contributed by atoms with Crippen molar-refractivity contribution in [1.29, 1.82) is 5.26 Å². The van der Waals surface area contributed by atoms with E-state index < -0.39 is 6.04 Å². The highest BCUT2D eigenvalue weighted by Crippen LogP contribution is 2.36. The fourth-order valence-electron chi connectivity index (χ4n) is 3.74. The van der Waals surface area contributed by atoms with Crippen molar-refractivity contribution in [2.75, 3.05) is 6.54 Å². The SMILES string of the molecule is N#Cc1ccc(CCNC(C(=O)NC2=CCC(C3CC3)N=C2)c2ccccc2)cc1. The second-order valence-electron chi connectivity index (χ2n) is 7.92. The maximum absolute atomic E-state index is 13.1. The molecule has 1 aliphatic carbocycles. The summed E-state index contributed by atoms with van der Waals surface area (Å²) >= 11 is 0. The maximum Gasteiger partial charge on any atom is 0.246 e. The molecule has 152 valence electrons. The molecule has 2 N–H and O–H groups in total. The highest BCUT2D eigenvalue weighted by molar-refractivity contribution is 5.91. The van der Waals surface area contributed by atoms with Crippen LogP contribution in [0.1, 0.15) is 42.0 Å². The maximum atomic E-state index is 13.1. The summed E-state index contributed by atoms with van der Waals surface area (Å²) in [6.45, 7) is 0.649. The van der Waals surface area contributed by atoms with Gasteiger partial charge in [-0.05, 0) is 54.9 Å². The Kier molecular flexibility index (Phi) is 6.36. The van der Waals surface area contributed by atoms with Gasteiger partial charge < -0.3 is 10.6 Å². The molecule has 2 atom stereocenters. The van der Waals surface area contributed by atoms with Crippen LogP contribution in [0, 0.1) is 17.2 Å². The molecule has 2 aliphatic rings. The lowest BCUT2D eigenvalue weighted by Crippen LogP contribution is -2.38. The largest absolute Gasteiger partial charge is 0.323 e. The van der Waals surface area contributed by atoms with Crippen LogP contribution in [-0.2, 0) is 11.2 Å². The summed E-state index contributed by atoms with van der Waals surface area (Å²) in [6, 6.07) is 19.4. The molecular weight excluding hydrogens is 372 g/mol. The molecule has 30 heavy (non-hydrogen) atoms. The van der Waals surface area contributed by atoms with Crippen LogP contribution in [0.2, 0.25) is 0 Å². The number of rotatable bonds is 8. The third-order valence-corrected chi connectivity index (χ3v) is 5.66. The number of nitriles is 1. The fraction of sp³-hybridized carbons (Fsp3) is 0.320. The molecule has 1 amide bonds. The van der Waals surface area contributed by atoms with Crippen molar-refractivity contribution < 1.29 is 4.79 Å². The van der Waals surface area contributed by atoms with Crippen LogP contribution in [-0.4, -0.2) is 24.7 Å². The molecule has 2 aromatic rings. The molecule has 0 spiro atoms. The minimum absolute atomic E-state index is 0.0800. The standard InChI is InChI=1S/C25H26N4O/c26-16-19-8-6-18(7-9-19)14-15-27-24(21-4-2-1-3-5-21)25(30)29-22-12-13-23(28-17-22)20-10-11-20/h1-9,12,17,20,23-24,27H,10-11,13-15H2,(H,29,30). The molecular formula is C25H26N4O. The second-order valence-corrected chi connectivity index (χ2v) is 7.92. The van der Waals surface area contributed by atoms with Crippen LogP contribution in [0.4, 0.5) is 0 Å². The summed E-state index contributed by atoms with van der Waals surface area (Å²) in [6.07, 6.45) is 8.12. The molecule has 0 bridgehead atoms. The topological polar surface area (TPSA) is 77.3 Å². The van der Waals surface area contributed by atoms with Gasteiger partial charge in [0.25, 0.3) is 0 Å². The number of carbonyl (C=O) groups is 1. The van der Waals surface area contributed by atoms with Crippen molar-refractivity contribution in [3.05, 3.63) is 83.1 Å². The minimum Gasteiger partial charge on any atom is -0.323 e. The molecule has 1 fully saturated rings. The van der Waals surface area contributed by atoms with E-state index in [2.05, 4.69) is 27.8 Å². The summed E-state index contributed by atoms with van der Waals surface area (Å²) in [5.41, 5.74) is 3.49. The normalized spacial score (nSPS) is 18.9. The van der Waals surface area contributed by atoms with Crippen LogP contribution < -0.4 is 10.6 Å². The molecule has 1 heterocycles. The van der Waals surface area contributed by atoms with Crippen molar-refractivity contribution in [1.82, 2.24) is 10.6 Å². The van der Waals surface area contributed by atoms with Gasteiger partial charge in [-0.25, -0.2) is 0 Å². The lowest BCUT2D eigenvalue weighted by atomic mass is 10.0. The van der Waals surface area contributed by atoms with Gasteiger partial charge in [-0.3, -0.25) is 9.79 Å². The monoisotopic (exact) mass is 398 g/mol. The lowest BCUT2D eigenvalue weighted by molar-refractivity contribution is -0.122. The van der Waals surface area contributed by atoms with Crippen molar-refractivity contribution in [3.63, 3.8) is 0 Å². The van der Waals surface area contributed by atoms with Gasteiger partial charge in [0.1, 0.15) is 6.04 Å². The van der Waals surface area contributed by atoms with Gasteiger partial charge in [-0.2, -0.15) is 5.26 Å². The third kappa shape index (κ3) is 5.22. The van der Waals surface area contributed by atoms with Crippen LogP contribution in [0.25, 0.3) is 0 Å². The van der Waals surface area contributed by atoms with Crippen molar-refractivity contribution >= 4 is 12.1 Å². The van der Waals surface area contributed by atoms with Crippen molar-refractivity contribution in [2.24, 2.45) is 10.9 Å². The predicted molar refractivity (Wildman–Crippen MR) is 118 cm³/mol. The number of benzene rings is 2. The van der Waals surface area contributed by atoms with E-state index in [1.807, 2.05) is 60.8 Å². The summed E-state index contributed by atoms with van der Waals surface area (Å²) in [7, 11) is 0. The van der Waals surface area contributed by atoms with E-state index >= 15 is 0 Å². The number of dihydropyridines is 1. The van der Waals surface area contributed by atoms with E-state index in [0.29, 0.717) is 18.2 Å². The van der Waals surface area contributed by atoms with E-state index in [9.17, 15) is 4.79 Å². The zero-order valence-electron chi connectivity index (χ0n) is 16.9. The average molecular weight is 399 g/mol. The van der Waals surface area contributed by atoms with Crippen LogP contribution >= 0.6 is 0 Å². The smallest absolute Gasteiger partial charge is 0.246 e. The summed E-state index contributed by atoms with van der Waals surface area (Å²) < 4.78 is 0. The Hall–Kier alpha value is -3.23.